The largest absolute Gasteiger partial charge is 0.342 e. The highest BCUT2D eigenvalue weighted by Crippen LogP contribution is 2.30. The molecule has 0 bridgehead atoms. The summed E-state index contributed by atoms with van der Waals surface area (Å²) >= 11 is 12.0. The monoisotopic (exact) mass is 269 g/mol. The van der Waals surface area contributed by atoms with E-state index in [-0.39, 0.29) is 0 Å². The number of H-pyrrole nitrogens is 1. The van der Waals surface area contributed by atoms with Crippen LogP contribution >= 0.6 is 23.2 Å². The zero-order valence-corrected chi connectivity index (χ0v) is 10.9. The summed E-state index contributed by atoms with van der Waals surface area (Å²) in [4.78, 5) is 7.95. The Labute approximate surface area is 110 Å². The quantitative estimate of drug-likeness (QED) is 0.835. The fourth-order valence-corrected chi connectivity index (χ4v) is 2.70. The summed E-state index contributed by atoms with van der Waals surface area (Å²) in [7, 11) is 0. The Morgan fingerprint density at radius 3 is 2.71 bits per heavy atom. The number of hydrogen-bond acceptors (Lipinski definition) is 2. The van der Waals surface area contributed by atoms with E-state index in [1.54, 1.807) is 0 Å². The minimum Gasteiger partial charge on any atom is -0.342 e. The zero-order chi connectivity index (χ0) is 12.0. The lowest BCUT2D eigenvalue weighted by Gasteiger charge is -2.09. The second kappa shape index (κ2) is 4.16. The summed E-state index contributed by atoms with van der Waals surface area (Å²) in [5, 5.41) is 4.49. The minimum atomic E-state index is 0.444. The van der Waals surface area contributed by atoms with Crippen molar-refractivity contribution in [3.05, 3.63) is 28.0 Å². The minimum absolute atomic E-state index is 0.444. The lowest BCUT2D eigenvalue weighted by atomic mass is 9.98. The molecule has 1 aromatic carbocycles. The van der Waals surface area contributed by atoms with Gasteiger partial charge in [-0.3, -0.25) is 0 Å². The number of aromatic nitrogens is 2. The van der Waals surface area contributed by atoms with Crippen molar-refractivity contribution in [1.29, 1.82) is 0 Å². The maximum atomic E-state index is 5.99. The van der Waals surface area contributed by atoms with E-state index in [4.69, 9.17) is 23.2 Å². The maximum absolute atomic E-state index is 5.99. The van der Waals surface area contributed by atoms with Crippen LogP contribution < -0.4 is 5.32 Å². The van der Waals surface area contributed by atoms with E-state index in [2.05, 4.69) is 22.2 Å². The summed E-state index contributed by atoms with van der Waals surface area (Å²) in [6.45, 7) is 4.25. The number of hydrogen-bond donors (Lipinski definition) is 2. The molecule has 0 aliphatic carbocycles. The van der Waals surface area contributed by atoms with E-state index in [1.807, 2.05) is 12.1 Å². The molecule has 90 valence electrons. The predicted octanol–water partition coefficient (Wildman–Crippen LogP) is 3.19. The molecular formula is C12H13Cl2N3. The molecule has 5 heteroatoms. The van der Waals surface area contributed by atoms with Gasteiger partial charge in [-0.05, 0) is 24.6 Å². The third-order valence-corrected chi connectivity index (χ3v) is 4.13. The molecule has 1 aliphatic rings. The van der Waals surface area contributed by atoms with Crippen molar-refractivity contribution in [1.82, 2.24) is 15.3 Å². The Morgan fingerprint density at radius 2 is 2.00 bits per heavy atom. The summed E-state index contributed by atoms with van der Waals surface area (Å²) in [6, 6.07) is 3.65. The molecule has 0 saturated carbocycles. The molecule has 3 nitrogen and oxygen atoms in total. The molecule has 2 N–H and O–H groups in total. The molecule has 2 aromatic rings. The Hall–Kier alpha value is -0.770. The highest BCUT2D eigenvalue weighted by molar-refractivity contribution is 6.42. The van der Waals surface area contributed by atoms with E-state index >= 15 is 0 Å². The number of nitrogens with zero attached hydrogens (tertiary/aromatic N) is 1. The van der Waals surface area contributed by atoms with Gasteiger partial charge in [0.2, 0.25) is 0 Å². The summed E-state index contributed by atoms with van der Waals surface area (Å²) in [5.41, 5.74) is 1.84. The van der Waals surface area contributed by atoms with Crippen molar-refractivity contribution in [2.45, 2.75) is 12.8 Å². The van der Waals surface area contributed by atoms with Crippen LogP contribution in [0.3, 0.4) is 0 Å². The molecule has 0 amide bonds. The van der Waals surface area contributed by atoms with Crippen LogP contribution in [0.15, 0.2) is 12.1 Å². The van der Waals surface area contributed by atoms with E-state index in [0.717, 1.165) is 29.9 Å². The van der Waals surface area contributed by atoms with Gasteiger partial charge in [0.25, 0.3) is 0 Å². The molecule has 1 saturated heterocycles. The van der Waals surface area contributed by atoms with E-state index in [1.165, 1.54) is 0 Å². The first kappa shape index (κ1) is 11.3. The number of fused-ring (bicyclic) bond motifs is 1. The molecule has 0 spiro atoms. The second-order valence-corrected chi connectivity index (χ2v) is 5.46. The molecule has 2 unspecified atom stereocenters. The predicted molar refractivity (Wildman–Crippen MR) is 70.9 cm³/mol. The number of imidazole rings is 1. The highest BCUT2D eigenvalue weighted by Gasteiger charge is 2.27. The van der Waals surface area contributed by atoms with Crippen molar-refractivity contribution in [2.75, 3.05) is 13.1 Å². The Kier molecular flexibility index (Phi) is 2.77. The Balaban J connectivity index is 2.07. The van der Waals surface area contributed by atoms with Crippen LogP contribution in [-0.2, 0) is 0 Å². The van der Waals surface area contributed by atoms with Crippen LogP contribution in [0.25, 0.3) is 11.0 Å². The Bertz CT molecular complexity index is 525. The molecule has 2 atom stereocenters. The maximum Gasteiger partial charge on any atom is 0.111 e. The van der Waals surface area contributed by atoms with Crippen LogP contribution in [-0.4, -0.2) is 23.1 Å². The molecule has 17 heavy (non-hydrogen) atoms. The van der Waals surface area contributed by atoms with Crippen LogP contribution in [0.4, 0.5) is 0 Å². The Morgan fingerprint density at radius 1 is 1.24 bits per heavy atom. The smallest absolute Gasteiger partial charge is 0.111 e. The first-order valence-corrected chi connectivity index (χ1v) is 6.46. The molecule has 2 heterocycles. The summed E-state index contributed by atoms with van der Waals surface area (Å²) < 4.78 is 0. The second-order valence-electron chi connectivity index (χ2n) is 4.65. The van der Waals surface area contributed by atoms with Gasteiger partial charge in [0.1, 0.15) is 5.82 Å². The van der Waals surface area contributed by atoms with Gasteiger partial charge in [-0.2, -0.15) is 0 Å². The SMILES string of the molecule is CC1CNCC1c1nc2cc(Cl)c(Cl)cc2[nH]1. The third-order valence-electron chi connectivity index (χ3n) is 3.41. The van der Waals surface area contributed by atoms with Crippen molar-refractivity contribution in [3.63, 3.8) is 0 Å². The van der Waals surface area contributed by atoms with Crippen molar-refractivity contribution in [2.24, 2.45) is 5.92 Å². The molecule has 0 radical (unpaired) electrons. The normalized spacial score (nSPS) is 24.6. The van der Waals surface area contributed by atoms with Crippen molar-refractivity contribution < 1.29 is 0 Å². The molecular weight excluding hydrogens is 257 g/mol. The van der Waals surface area contributed by atoms with Crippen LogP contribution in [0.5, 0.6) is 0 Å². The zero-order valence-electron chi connectivity index (χ0n) is 9.43. The number of nitrogens with one attached hydrogen (secondary N) is 2. The van der Waals surface area contributed by atoms with Gasteiger partial charge in [-0.15, -0.1) is 0 Å². The van der Waals surface area contributed by atoms with Gasteiger partial charge < -0.3 is 10.3 Å². The van der Waals surface area contributed by atoms with Crippen molar-refractivity contribution >= 4 is 34.2 Å². The lowest BCUT2D eigenvalue weighted by Crippen LogP contribution is -2.09. The van der Waals surface area contributed by atoms with Gasteiger partial charge in [0.15, 0.2) is 0 Å². The molecule has 3 rings (SSSR count). The average molecular weight is 270 g/mol. The molecule has 1 aromatic heterocycles. The fraction of sp³-hybridized carbons (Fsp3) is 0.417. The molecule has 1 aliphatic heterocycles. The van der Waals surface area contributed by atoms with Gasteiger partial charge in [0, 0.05) is 12.5 Å². The van der Waals surface area contributed by atoms with Crippen LogP contribution in [0.2, 0.25) is 10.0 Å². The number of halogens is 2. The summed E-state index contributed by atoms with van der Waals surface area (Å²) in [6.07, 6.45) is 0. The standard InChI is InChI=1S/C12H13Cl2N3/c1-6-4-15-5-7(6)12-16-10-2-8(13)9(14)3-11(10)17-12/h2-3,6-7,15H,4-5H2,1H3,(H,16,17). The highest BCUT2D eigenvalue weighted by atomic mass is 35.5. The summed E-state index contributed by atoms with van der Waals surface area (Å²) in [5.74, 6) is 2.07. The van der Waals surface area contributed by atoms with Crippen LogP contribution in [0, 0.1) is 5.92 Å². The van der Waals surface area contributed by atoms with E-state index in [0.29, 0.717) is 21.9 Å². The van der Waals surface area contributed by atoms with E-state index in [9.17, 15) is 0 Å². The lowest BCUT2D eigenvalue weighted by molar-refractivity contribution is 0.551. The van der Waals surface area contributed by atoms with Crippen LogP contribution in [0.1, 0.15) is 18.7 Å². The number of benzene rings is 1. The topological polar surface area (TPSA) is 40.7 Å². The van der Waals surface area contributed by atoms with E-state index < -0.39 is 0 Å². The van der Waals surface area contributed by atoms with Gasteiger partial charge in [-0.1, -0.05) is 30.1 Å². The molecule has 1 fully saturated rings. The fourth-order valence-electron chi connectivity index (χ4n) is 2.38. The number of rotatable bonds is 1. The van der Waals surface area contributed by atoms with Gasteiger partial charge in [0.05, 0.1) is 21.1 Å². The van der Waals surface area contributed by atoms with Crippen molar-refractivity contribution in [3.8, 4) is 0 Å². The van der Waals surface area contributed by atoms with Gasteiger partial charge in [-0.25, -0.2) is 4.98 Å². The average Bonchev–Trinajstić information content (AvgIpc) is 2.85. The first-order valence-electron chi connectivity index (χ1n) is 5.70. The third kappa shape index (κ3) is 1.92. The number of aromatic amines is 1. The first-order chi connectivity index (χ1) is 8.15. The van der Waals surface area contributed by atoms with Gasteiger partial charge >= 0.3 is 0 Å².